The van der Waals surface area contributed by atoms with Crippen LogP contribution in [0.15, 0.2) is 0 Å². The quantitative estimate of drug-likeness (QED) is 0.817. The zero-order valence-corrected chi connectivity index (χ0v) is 10.9. The average molecular weight is 238 g/mol. The molecule has 0 aromatic rings. The lowest BCUT2D eigenvalue weighted by atomic mass is 9.95. The molecule has 0 aromatic carbocycles. The maximum absolute atomic E-state index is 12.0. The Labute approximate surface area is 105 Å². The van der Waals surface area contributed by atoms with Crippen molar-refractivity contribution in [2.45, 2.75) is 51.4 Å². The Balaban J connectivity index is 1.73. The van der Waals surface area contributed by atoms with Gasteiger partial charge >= 0.3 is 0 Å². The van der Waals surface area contributed by atoms with Gasteiger partial charge in [-0.25, -0.2) is 0 Å². The normalized spacial score (nSPS) is 27.6. The highest BCUT2D eigenvalue weighted by molar-refractivity contribution is 5.76. The molecular formula is C14H26N2O. The van der Waals surface area contributed by atoms with Gasteiger partial charge in [-0.2, -0.15) is 0 Å². The van der Waals surface area contributed by atoms with E-state index in [4.69, 9.17) is 0 Å². The average Bonchev–Trinajstić information content (AvgIpc) is 2.35. The number of rotatable bonds is 3. The third-order valence-corrected chi connectivity index (χ3v) is 4.13. The molecule has 2 aliphatic rings. The SMILES string of the molecule is O=C1CCCCCCN1CCC1CCCNC1. The van der Waals surface area contributed by atoms with Crippen LogP contribution in [0.5, 0.6) is 0 Å². The van der Waals surface area contributed by atoms with E-state index in [1.54, 1.807) is 0 Å². The van der Waals surface area contributed by atoms with Crippen molar-refractivity contribution < 1.29 is 4.79 Å². The summed E-state index contributed by atoms with van der Waals surface area (Å²) < 4.78 is 0. The molecule has 1 N–H and O–H groups in total. The fourth-order valence-electron chi connectivity index (χ4n) is 2.96. The van der Waals surface area contributed by atoms with Gasteiger partial charge in [0.05, 0.1) is 0 Å². The molecule has 1 unspecified atom stereocenters. The minimum atomic E-state index is 0.397. The first-order chi connectivity index (χ1) is 8.36. The van der Waals surface area contributed by atoms with Crippen LogP contribution in [0.25, 0.3) is 0 Å². The fourth-order valence-corrected chi connectivity index (χ4v) is 2.96. The number of likely N-dealkylation sites (tertiary alicyclic amines) is 1. The minimum Gasteiger partial charge on any atom is -0.343 e. The van der Waals surface area contributed by atoms with Crippen molar-refractivity contribution in [1.82, 2.24) is 10.2 Å². The highest BCUT2D eigenvalue weighted by Gasteiger charge is 2.18. The van der Waals surface area contributed by atoms with Gasteiger partial charge < -0.3 is 10.2 Å². The van der Waals surface area contributed by atoms with Crippen molar-refractivity contribution in [2.24, 2.45) is 5.92 Å². The highest BCUT2D eigenvalue weighted by Crippen LogP contribution is 2.17. The number of nitrogens with one attached hydrogen (secondary N) is 1. The summed E-state index contributed by atoms with van der Waals surface area (Å²) in [5.41, 5.74) is 0. The molecule has 2 aliphatic heterocycles. The summed E-state index contributed by atoms with van der Waals surface area (Å²) in [7, 11) is 0. The molecule has 2 rings (SSSR count). The molecule has 98 valence electrons. The lowest BCUT2D eigenvalue weighted by Gasteiger charge is -2.28. The van der Waals surface area contributed by atoms with E-state index in [0.29, 0.717) is 5.91 Å². The Bertz CT molecular complexity index is 236. The molecule has 0 bridgehead atoms. The van der Waals surface area contributed by atoms with Crippen LogP contribution in [0, 0.1) is 5.92 Å². The number of piperidine rings is 1. The summed E-state index contributed by atoms with van der Waals surface area (Å²) >= 11 is 0. The largest absolute Gasteiger partial charge is 0.343 e. The van der Waals surface area contributed by atoms with Crippen molar-refractivity contribution >= 4 is 5.91 Å². The first-order valence-corrected chi connectivity index (χ1v) is 7.35. The number of amides is 1. The zero-order valence-electron chi connectivity index (χ0n) is 10.9. The van der Waals surface area contributed by atoms with E-state index in [0.717, 1.165) is 38.4 Å². The Morgan fingerprint density at radius 1 is 1.18 bits per heavy atom. The topological polar surface area (TPSA) is 32.3 Å². The molecule has 1 amide bonds. The van der Waals surface area contributed by atoms with E-state index in [2.05, 4.69) is 10.2 Å². The second-order valence-electron chi connectivity index (χ2n) is 5.55. The molecule has 3 heteroatoms. The Hall–Kier alpha value is -0.570. The lowest BCUT2D eigenvalue weighted by molar-refractivity contribution is -0.132. The van der Waals surface area contributed by atoms with Crippen molar-refractivity contribution in [3.63, 3.8) is 0 Å². The summed E-state index contributed by atoms with van der Waals surface area (Å²) in [6, 6.07) is 0. The molecule has 3 nitrogen and oxygen atoms in total. The molecule has 1 atom stereocenters. The molecule has 2 fully saturated rings. The molecule has 0 aliphatic carbocycles. The van der Waals surface area contributed by atoms with E-state index in [9.17, 15) is 4.79 Å². The number of carbonyl (C=O) groups excluding carboxylic acids is 1. The van der Waals surface area contributed by atoms with Gasteiger partial charge in [-0.15, -0.1) is 0 Å². The third-order valence-electron chi connectivity index (χ3n) is 4.13. The van der Waals surface area contributed by atoms with Crippen LogP contribution in [-0.4, -0.2) is 37.0 Å². The summed E-state index contributed by atoms with van der Waals surface area (Å²) in [5.74, 6) is 1.19. The van der Waals surface area contributed by atoms with Gasteiger partial charge in [0.25, 0.3) is 0 Å². The van der Waals surface area contributed by atoms with Crippen LogP contribution in [0.4, 0.5) is 0 Å². The van der Waals surface area contributed by atoms with E-state index in [1.165, 1.54) is 45.1 Å². The van der Waals surface area contributed by atoms with Gasteiger partial charge in [-0.3, -0.25) is 4.79 Å². The number of carbonyl (C=O) groups is 1. The molecule has 2 saturated heterocycles. The number of hydrogen-bond donors (Lipinski definition) is 1. The van der Waals surface area contributed by atoms with Gasteiger partial charge in [0.1, 0.15) is 0 Å². The summed E-state index contributed by atoms with van der Waals surface area (Å²) in [4.78, 5) is 14.1. The van der Waals surface area contributed by atoms with Gasteiger partial charge in [0.15, 0.2) is 0 Å². The van der Waals surface area contributed by atoms with Crippen LogP contribution >= 0.6 is 0 Å². The predicted octanol–water partition coefficient (Wildman–Crippen LogP) is 2.17. The smallest absolute Gasteiger partial charge is 0.222 e. The van der Waals surface area contributed by atoms with E-state index in [1.807, 2.05) is 0 Å². The summed E-state index contributed by atoms with van der Waals surface area (Å²) in [5, 5.41) is 3.45. The second-order valence-corrected chi connectivity index (χ2v) is 5.55. The molecular weight excluding hydrogens is 212 g/mol. The van der Waals surface area contributed by atoms with E-state index in [-0.39, 0.29) is 0 Å². The van der Waals surface area contributed by atoms with Crippen molar-refractivity contribution in [1.29, 1.82) is 0 Å². The van der Waals surface area contributed by atoms with Crippen LogP contribution in [0.1, 0.15) is 51.4 Å². The molecule has 0 saturated carbocycles. The van der Waals surface area contributed by atoms with Crippen LogP contribution in [-0.2, 0) is 4.79 Å². The van der Waals surface area contributed by atoms with Crippen LogP contribution in [0.2, 0.25) is 0 Å². The number of hydrogen-bond acceptors (Lipinski definition) is 2. The highest BCUT2D eigenvalue weighted by atomic mass is 16.2. The Morgan fingerprint density at radius 2 is 2.06 bits per heavy atom. The van der Waals surface area contributed by atoms with Gasteiger partial charge in [0, 0.05) is 19.5 Å². The van der Waals surface area contributed by atoms with Crippen LogP contribution in [0.3, 0.4) is 0 Å². The molecule has 17 heavy (non-hydrogen) atoms. The zero-order chi connectivity index (χ0) is 11.9. The second kappa shape index (κ2) is 7.00. The standard InChI is InChI=1S/C14H26N2O/c17-14-7-3-1-2-4-10-16(14)11-8-13-6-5-9-15-12-13/h13,15H,1-12H2. The van der Waals surface area contributed by atoms with Crippen LogP contribution < -0.4 is 5.32 Å². The molecule has 0 spiro atoms. The molecule has 0 radical (unpaired) electrons. The Kier molecular flexibility index (Phi) is 5.30. The predicted molar refractivity (Wildman–Crippen MR) is 69.9 cm³/mol. The summed E-state index contributed by atoms with van der Waals surface area (Å²) in [6.45, 7) is 4.32. The van der Waals surface area contributed by atoms with Gasteiger partial charge in [0.2, 0.25) is 5.91 Å². The van der Waals surface area contributed by atoms with Crippen molar-refractivity contribution in [2.75, 3.05) is 26.2 Å². The first kappa shape index (κ1) is 12.9. The summed E-state index contributed by atoms with van der Waals surface area (Å²) in [6.07, 6.45) is 9.46. The maximum Gasteiger partial charge on any atom is 0.222 e. The lowest BCUT2D eigenvalue weighted by Crippen LogP contribution is -2.37. The minimum absolute atomic E-state index is 0.397. The van der Waals surface area contributed by atoms with Crippen molar-refractivity contribution in [3.05, 3.63) is 0 Å². The first-order valence-electron chi connectivity index (χ1n) is 7.35. The molecule has 0 aromatic heterocycles. The maximum atomic E-state index is 12.0. The van der Waals surface area contributed by atoms with E-state index < -0.39 is 0 Å². The van der Waals surface area contributed by atoms with E-state index >= 15 is 0 Å². The van der Waals surface area contributed by atoms with Gasteiger partial charge in [-0.05, 0) is 51.1 Å². The third kappa shape index (κ3) is 4.30. The van der Waals surface area contributed by atoms with Crippen molar-refractivity contribution in [3.8, 4) is 0 Å². The van der Waals surface area contributed by atoms with Gasteiger partial charge in [-0.1, -0.05) is 12.8 Å². The fraction of sp³-hybridized carbons (Fsp3) is 0.929. The monoisotopic (exact) mass is 238 g/mol. The Morgan fingerprint density at radius 3 is 2.88 bits per heavy atom. The number of nitrogens with zero attached hydrogens (tertiary/aromatic N) is 1. The molecule has 2 heterocycles.